The molecule has 0 bridgehead atoms. The van der Waals surface area contributed by atoms with Gasteiger partial charge in [-0.05, 0) is 40.6 Å². The molecular weight excluding hydrogens is 314 g/mol. The van der Waals surface area contributed by atoms with Gasteiger partial charge in [-0.1, -0.05) is 13.3 Å². The summed E-state index contributed by atoms with van der Waals surface area (Å²) in [6.07, 6.45) is 4.72. The molecule has 1 aromatic carbocycles. The molecule has 0 N–H and O–H groups in total. The van der Waals surface area contributed by atoms with Crippen LogP contribution in [0.4, 0.5) is 5.69 Å². The second-order valence-electron chi connectivity index (χ2n) is 4.96. The number of esters is 1. The Bertz CT molecular complexity index is 724. The molecule has 9 nitrogen and oxygen atoms in total. The number of nitro groups is 1. The SMILES string of the molecule is CCCCn1nnnc1COC(=O)/C=C/c1ccc([N+](=O)[O-])cc1. The van der Waals surface area contributed by atoms with Gasteiger partial charge in [0, 0.05) is 24.8 Å². The van der Waals surface area contributed by atoms with Gasteiger partial charge in [0.2, 0.25) is 0 Å². The molecule has 0 saturated heterocycles. The third-order valence-corrected chi connectivity index (χ3v) is 3.19. The lowest BCUT2D eigenvalue weighted by atomic mass is 10.2. The van der Waals surface area contributed by atoms with Crippen molar-refractivity contribution in [2.45, 2.75) is 32.9 Å². The zero-order chi connectivity index (χ0) is 17.4. The molecule has 0 aliphatic rings. The first kappa shape index (κ1) is 17.3. The van der Waals surface area contributed by atoms with Gasteiger partial charge in [-0.15, -0.1) is 5.10 Å². The van der Waals surface area contributed by atoms with Gasteiger partial charge < -0.3 is 4.74 Å². The molecule has 2 aromatic rings. The Morgan fingerprint density at radius 2 is 2.12 bits per heavy atom. The maximum atomic E-state index is 11.7. The number of rotatable bonds is 8. The van der Waals surface area contributed by atoms with E-state index in [9.17, 15) is 14.9 Å². The predicted molar refractivity (Wildman–Crippen MR) is 84.7 cm³/mol. The zero-order valence-electron chi connectivity index (χ0n) is 13.2. The summed E-state index contributed by atoms with van der Waals surface area (Å²) in [5.41, 5.74) is 0.652. The van der Waals surface area contributed by atoms with E-state index in [2.05, 4.69) is 22.4 Å². The Labute approximate surface area is 138 Å². The lowest BCUT2D eigenvalue weighted by molar-refractivity contribution is -0.384. The average molecular weight is 331 g/mol. The van der Waals surface area contributed by atoms with Crippen molar-refractivity contribution in [3.8, 4) is 0 Å². The summed E-state index contributed by atoms with van der Waals surface area (Å²) >= 11 is 0. The van der Waals surface area contributed by atoms with Crippen molar-refractivity contribution in [1.29, 1.82) is 0 Å². The van der Waals surface area contributed by atoms with Crippen LogP contribution in [0.2, 0.25) is 0 Å². The van der Waals surface area contributed by atoms with Crippen LogP contribution in [0.1, 0.15) is 31.2 Å². The number of non-ortho nitro benzene ring substituents is 1. The molecule has 1 heterocycles. The van der Waals surface area contributed by atoms with Gasteiger partial charge in [-0.25, -0.2) is 9.48 Å². The highest BCUT2D eigenvalue weighted by atomic mass is 16.6. The number of hydrogen-bond acceptors (Lipinski definition) is 7. The van der Waals surface area contributed by atoms with Gasteiger partial charge in [0.25, 0.3) is 5.69 Å². The number of aryl methyl sites for hydroxylation is 1. The van der Waals surface area contributed by atoms with E-state index in [1.807, 2.05) is 0 Å². The molecular formula is C15H17N5O4. The number of nitrogens with zero attached hydrogens (tertiary/aromatic N) is 5. The summed E-state index contributed by atoms with van der Waals surface area (Å²) in [6.45, 7) is 2.72. The van der Waals surface area contributed by atoms with E-state index in [0.717, 1.165) is 12.8 Å². The minimum atomic E-state index is -0.543. The summed E-state index contributed by atoms with van der Waals surface area (Å²) < 4.78 is 6.70. The summed E-state index contributed by atoms with van der Waals surface area (Å²) in [6, 6.07) is 5.83. The Morgan fingerprint density at radius 1 is 1.38 bits per heavy atom. The number of carbonyl (C=O) groups excluding carboxylic acids is 1. The van der Waals surface area contributed by atoms with Crippen molar-refractivity contribution >= 4 is 17.7 Å². The van der Waals surface area contributed by atoms with Crippen molar-refractivity contribution < 1.29 is 14.5 Å². The summed E-state index contributed by atoms with van der Waals surface area (Å²) in [5.74, 6) is -0.0565. The standard InChI is InChI=1S/C15H17N5O4/c1-2-3-10-19-14(16-17-18-19)11-24-15(21)9-6-12-4-7-13(8-5-12)20(22)23/h4-9H,2-3,10-11H2,1H3/b9-6+. The predicted octanol–water partition coefficient (Wildman–Crippen LogP) is 2.14. The number of ether oxygens (including phenoxy) is 1. The fraction of sp³-hybridized carbons (Fsp3) is 0.333. The second-order valence-corrected chi connectivity index (χ2v) is 4.96. The maximum Gasteiger partial charge on any atom is 0.331 e. The highest BCUT2D eigenvalue weighted by Gasteiger charge is 2.08. The van der Waals surface area contributed by atoms with Gasteiger partial charge in [0.1, 0.15) is 0 Å². The van der Waals surface area contributed by atoms with Crippen LogP contribution in [0.3, 0.4) is 0 Å². The quantitative estimate of drug-likeness (QED) is 0.315. The number of tetrazole rings is 1. The number of aromatic nitrogens is 4. The second kappa shape index (κ2) is 8.51. The Kier molecular flexibility index (Phi) is 6.12. The first-order valence-electron chi connectivity index (χ1n) is 7.44. The van der Waals surface area contributed by atoms with E-state index in [4.69, 9.17) is 4.74 Å². The molecule has 24 heavy (non-hydrogen) atoms. The van der Waals surface area contributed by atoms with Crippen molar-refractivity contribution in [2.75, 3.05) is 0 Å². The lowest BCUT2D eigenvalue weighted by Crippen LogP contribution is -2.09. The minimum Gasteiger partial charge on any atom is -0.454 e. The molecule has 126 valence electrons. The smallest absolute Gasteiger partial charge is 0.331 e. The van der Waals surface area contributed by atoms with Crippen molar-refractivity contribution in [3.05, 3.63) is 51.8 Å². The Hall–Kier alpha value is -3.10. The van der Waals surface area contributed by atoms with Crippen LogP contribution in [-0.2, 0) is 22.7 Å². The molecule has 9 heteroatoms. The molecule has 0 aliphatic carbocycles. The van der Waals surface area contributed by atoms with Gasteiger partial charge in [0.15, 0.2) is 12.4 Å². The van der Waals surface area contributed by atoms with E-state index in [1.165, 1.54) is 24.3 Å². The van der Waals surface area contributed by atoms with E-state index in [-0.39, 0.29) is 12.3 Å². The molecule has 0 amide bonds. The number of benzene rings is 1. The minimum absolute atomic E-state index is 0.00589. The third kappa shape index (κ3) is 4.97. The normalized spacial score (nSPS) is 10.9. The zero-order valence-corrected chi connectivity index (χ0v) is 13.2. The molecule has 0 fully saturated rings. The number of carbonyl (C=O) groups is 1. The third-order valence-electron chi connectivity index (χ3n) is 3.19. The van der Waals surface area contributed by atoms with Crippen LogP contribution < -0.4 is 0 Å². The van der Waals surface area contributed by atoms with Crippen LogP contribution in [0.25, 0.3) is 6.08 Å². The Morgan fingerprint density at radius 3 is 2.79 bits per heavy atom. The van der Waals surface area contributed by atoms with Gasteiger partial charge >= 0.3 is 5.97 Å². The monoisotopic (exact) mass is 331 g/mol. The maximum absolute atomic E-state index is 11.7. The number of hydrogen-bond donors (Lipinski definition) is 0. The van der Waals surface area contributed by atoms with Gasteiger partial charge in [-0.2, -0.15) is 0 Å². The van der Waals surface area contributed by atoms with Crippen LogP contribution in [0, 0.1) is 10.1 Å². The highest BCUT2D eigenvalue weighted by molar-refractivity contribution is 5.87. The highest BCUT2D eigenvalue weighted by Crippen LogP contribution is 2.12. The first-order chi connectivity index (χ1) is 11.6. The summed E-state index contributed by atoms with van der Waals surface area (Å²) in [5, 5.41) is 21.8. The molecule has 0 radical (unpaired) electrons. The average Bonchev–Trinajstić information content (AvgIpc) is 3.04. The largest absolute Gasteiger partial charge is 0.454 e. The van der Waals surface area contributed by atoms with Gasteiger partial charge in [0.05, 0.1) is 4.92 Å². The van der Waals surface area contributed by atoms with Crippen molar-refractivity contribution in [2.24, 2.45) is 0 Å². The van der Waals surface area contributed by atoms with Crippen LogP contribution in [0.5, 0.6) is 0 Å². The molecule has 0 spiro atoms. The van der Waals surface area contributed by atoms with E-state index in [1.54, 1.807) is 16.8 Å². The molecule has 0 atom stereocenters. The molecule has 1 aromatic heterocycles. The molecule has 0 saturated carbocycles. The molecule has 0 aliphatic heterocycles. The van der Waals surface area contributed by atoms with Crippen LogP contribution in [0.15, 0.2) is 30.3 Å². The topological polar surface area (TPSA) is 113 Å². The number of nitro benzene ring substituents is 1. The van der Waals surface area contributed by atoms with Gasteiger partial charge in [-0.3, -0.25) is 10.1 Å². The number of unbranched alkanes of at least 4 members (excludes halogenated alkanes) is 1. The Balaban J connectivity index is 1.86. The van der Waals surface area contributed by atoms with E-state index >= 15 is 0 Å². The van der Waals surface area contributed by atoms with E-state index in [0.29, 0.717) is 17.9 Å². The van der Waals surface area contributed by atoms with Crippen molar-refractivity contribution in [1.82, 2.24) is 20.2 Å². The van der Waals surface area contributed by atoms with Crippen LogP contribution >= 0.6 is 0 Å². The summed E-state index contributed by atoms with van der Waals surface area (Å²) in [4.78, 5) is 21.8. The fourth-order valence-corrected chi connectivity index (χ4v) is 1.86. The van der Waals surface area contributed by atoms with Crippen molar-refractivity contribution in [3.63, 3.8) is 0 Å². The van der Waals surface area contributed by atoms with E-state index < -0.39 is 10.9 Å². The fourth-order valence-electron chi connectivity index (χ4n) is 1.86. The molecule has 2 rings (SSSR count). The first-order valence-corrected chi connectivity index (χ1v) is 7.44. The summed E-state index contributed by atoms with van der Waals surface area (Å²) in [7, 11) is 0. The molecule has 0 unspecified atom stereocenters. The lowest BCUT2D eigenvalue weighted by Gasteiger charge is -2.03. The van der Waals surface area contributed by atoms with Crippen LogP contribution in [-0.4, -0.2) is 31.1 Å².